The highest BCUT2D eigenvalue weighted by Gasteiger charge is 2.23. The number of rotatable bonds is 2. The predicted octanol–water partition coefficient (Wildman–Crippen LogP) is 1.59. The Morgan fingerprint density at radius 1 is 1.41 bits per heavy atom. The molecule has 5 nitrogen and oxygen atoms in total. The molecule has 0 radical (unpaired) electrons. The number of nitrogens with zero attached hydrogens (tertiary/aromatic N) is 2. The Bertz CT molecular complexity index is 492. The molecule has 17 heavy (non-hydrogen) atoms. The van der Waals surface area contributed by atoms with Gasteiger partial charge in [0.05, 0.1) is 5.69 Å². The SMILES string of the molecule is C/C(=C1/C=CC=C[N@@+]1([O-])NN)c1ccccn1. The third kappa shape index (κ3) is 2.17. The minimum Gasteiger partial charge on any atom is -0.601 e. The summed E-state index contributed by atoms with van der Waals surface area (Å²) < 4.78 is -0.890. The second-order valence-electron chi connectivity index (χ2n) is 3.71. The molecule has 2 heterocycles. The summed E-state index contributed by atoms with van der Waals surface area (Å²) in [4.78, 5) is 4.22. The van der Waals surface area contributed by atoms with Gasteiger partial charge in [0.15, 0.2) is 5.70 Å². The Balaban J connectivity index is 2.51. The molecule has 1 aliphatic heterocycles. The molecule has 3 N–H and O–H groups in total. The van der Waals surface area contributed by atoms with Crippen LogP contribution in [0.3, 0.4) is 0 Å². The molecular weight excluding hydrogens is 216 g/mol. The van der Waals surface area contributed by atoms with Crippen LogP contribution in [0, 0.1) is 5.21 Å². The lowest BCUT2D eigenvalue weighted by Crippen LogP contribution is -2.52. The summed E-state index contributed by atoms with van der Waals surface area (Å²) in [5, 5.41) is 12.3. The first-order chi connectivity index (χ1) is 8.17. The van der Waals surface area contributed by atoms with E-state index < -0.39 is 4.76 Å². The van der Waals surface area contributed by atoms with Crippen molar-refractivity contribution in [1.82, 2.24) is 10.5 Å². The largest absolute Gasteiger partial charge is 0.601 e. The number of quaternary nitrogens is 1. The van der Waals surface area contributed by atoms with Crippen molar-refractivity contribution in [3.05, 3.63) is 65.4 Å². The average Bonchev–Trinajstić information content (AvgIpc) is 2.39. The molecule has 1 aromatic heterocycles. The third-order valence-corrected chi connectivity index (χ3v) is 2.64. The maximum atomic E-state index is 12.3. The highest BCUT2D eigenvalue weighted by Crippen LogP contribution is 2.26. The van der Waals surface area contributed by atoms with Crippen molar-refractivity contribution in [2.75, 3.05) is 0 Å². The second kappa shape index (κ2) is 4.60. The standard InChI is InChI=1S/C12H14N4O/c1-10(11-6-2-4-8-14-11)12-7-3-5-9-16(12,17)15-13/h2-9,15H,13H2,1H3/b12-10+/t16-/m0/s1. The van der Waals surface area contributed by atoms with Gasteiger partial charge >= 0.3 is 0 Å². The van der Waals surface area contributed by atoms with E-state index in [1.54, 1.807) is 24.4 Å². The number of hydrazine groups is 1. The maximum Gasteiger partial charge on any atom is 0.163 e. The van der Waals surface area contributed by atoms with Crippen molar-refractivity contribution in [1.29, 1.82) is 0 Å². The number of nitrogens with two attached hydrogens (primary N) is 1. The maximum absolute atomic E-state index is 12.3. The first-order valence-corrected chi connectivity index (χ1v) is 5.24. The monoisotopic (exact) mass is 230 g/mol. The Morgan fingerprint density at radius 3 is 2.88 bits per heavy atom. The molecule has 0 amide bonds. The van der Waals surface area contributed by atoms with Crippen LogP contribution in [0.1, 0.15) is 12.6 Å². The zero-order valence-corrected chi connectivity index (χ0v) is 9.50. The van der Waals surface area contributed by atoms with E-state index in [0.29, 0.717) is 5.70 Å². The van der Waals surface area contributed by atoms with Gasteiger partial charge < -0.3 is 5.21 Å². The van der Waals surface area contributed by atoms with E-state index in [9.17, 15) is 5.21 Å². The number of nitrogens with one attached hydrogen (secondary N) is 1. The number of aromatic nitrogens is 1. The average molecular weight is 230 g/mol. The summed E-state index contributed by atoms with van der Waals surface area (Å²) in [6.07, 6.45) is 8.31. The van der Waals surface area contributed by atoms with E-state index in [-0.39, 0.29) is 0 Å². The van der Waals surface area contributed by atoms with E-state index in [0.717, 1.165) is 11.3 Å². The molecule has 88 valence electrons. The highest BCUT2D eigenvalue weighted by atomic mass is 16.6. The molecule has 1 aromatic rings. The van der Waals surface area contributed by atoms with E-state index in [2.05, 4.69) is 10.5 Å². The molecule has 0 saturated heterocycles. The van der Waals surface area contributed by atoms with Crippen molar-refractivity contribution < 1.29 is 4.76 Å². The predicted molar refractivity (Wildman–Crippen MR) is 66.1 cm³/mol. The fraction of sp³-hybridized carbons (Fsp3) is 0.0833. The molecule has 2 rings (SSSR count). The van der Waals surface area contributed by atoms with Crippen molar-refractivity contribution in [3.8, 4) is 0 Å². The van der Waals surface area contributed by atoms with Crippen LogP contribution < -0.4 is 11.4 Å². The summed E-state index contributed by atoms with van der Waals surface area (Å²) in [6.45, 7) is 1.85. The summed E-state index contributed by atoms with van der Waals surface area (Å²) in [5.41, 5.74) is 4.31. The van der Waals surface area contributed by atoms with Crippen molar-refractivity contribution in [3.63, 3.8) is 0 Å². The van der Waals surface area contributed by atoms with Crippen LogP contribution in [-0.4, -0.2) is 9.74 Å². The Hall–Kier alpha value is -1.79. The van der Waals surface area contributed by atoms with Crippen LogP contribution in [0.2, 0.25) is 0 Å². The van der Waals surface area contributed by atoms with Crippen molar-refractivity contribution in [2.45, 2.75) is 6.92 Å². The number of pyridine rings is 1. The van der Waals surface area contributed by atoms with Crippen LogP contribution in [0.5, 0.6) is 0 Å². The van der Waals surface area contributed by atoms with Crippen LogP contribution in [0.15, 0.2) is 54.5 Å². The summed E-state index contributed by atoms with van der Waals surface area (Å²) in [6, 6.07) is 5.57. The van der Waals surface area contributed by atoms with E-state index in [1.165, 1.54) is 6.20 Å². The fourth-order valence-corrected chi connectivity index (χ4v) is 1.71. The normalized spacial score (nSPS) is 26.1. The lowest BCUT2D eigenvalue weighted by atomic mass is 10.1. The molecular formula is C12H14N4O. The minimum absolute atomic E-state index is 0.522. The Kier molecular flexibility index (Phi) is 3.16. The van der Waals surface area contributed by atoms with Crippen LogP contribution in [-0.2, 0) is 0 Å². The first-order valence-electron chi connectivity index (χ1n) is 5.24. The van der Waals surface area contributed by atoms with Gasteiger partial charge in [-0.25, -0.2) is 10.6 Å². The van der Waals surface area contributed by atoms with Gasteiger partial charge in [-0.15, -0.1) is 0 Å². The van der Waals surface area contributed by atoms with Gasteiger partial charge in [-0.3, -0.25) is 4.98 Å². The summed E-state index contributed by atoms with van der Waals surface area (Å²) in [5.74, 6) is 5.31. The smallest absolute Gasteiger partial charge is 0.163 e. The van der Waals surface area contributed by atoms with E-state index in [1.807, 2.05) is 25.1 Å². The van der Waals surface area contributed by atoms with Crippen molar-refractivity contribution in [2.24, 2.45) is 5.84 Å². The molecule has 0 unspecified atom stereocenters. The zero-order valence-electron chi connectivity index (χ0n) is 9.50. The third-order valence-electron chi connectivity index (χ3n) is 2.64. The molecule has 0 aliphatic carbocycles. The van der Waals surface area contributed by atoms with Crippen LogP contribution >= 0.6 is 0 Å². The molecule has 0 spiro atoms. The molecule has 1 aliphatic rings. The van der Waals surface area contributed by atoms with Crippen molar-refractivity contribution >= 4 is 5.57 Å². The van der Waals surface area contributed by atoms with Gasteiger partial charge in [0.2, 0.25) is 0 Å². The lowest BCUT2D eigenvalue weighted by molar-refractivity contribution is -0.836. The van der Waals surface area contributed by atoms with E-state index >= 15 is 0 Å². The quantitative estimate of drug-likeness (QED) is 0.350. The lowest BCUT2D eigenvalue weighted by Gasteiger charge is -2.38. The molecule has 0 aromatic carbocycles. The van der Waals surface area contributed by atoms with Gasteiger partial charge in [0.1, 0.15) is 6.20 Å². The highest BCUT2D eigenvalue weighted by molar-refractivity contribution is 5.65. The number of hydrogen-bond donors (Lipinski definition) is 2. The first kappa shape index (κ1) is 11.7. The van der Waals surface area contributed by atoms with E-state index in [4.69, 9.17) is 5.84 Å². The molecule has 5 heteroatoms. The Labute approximate surface area is 99.7 Å². The molecule has 0 bridgehead atoms. The number of hydrogen-bond acceptors (Lipinski definition) is 4. The summed E-state index contributed by atoms with van der Waals surface area (Å²) >= 11 is 0. The van der Waals surface area contributed by atoms with Gasteiger partial charge in [-0.1, -0.05) is 17.7 Å². The molecule has 0 saturated carbocycles. The summed E-state index contributed by atoms with van der Waals surface area (Å²) in [7, 11) is 0. The Morgan fingerprint density at radius 2 is 2.24 bits per heavy atom. The molecule has 1 atom stereocenters. The topological polar surface area (TPSA) is 74.0 Å². The van der Waals surface area contributed by atoms with Gasteiger partial charge in [-0.05, 0) is 25.1 Å². The van der Waals surface area contributed by atoms with Gasteiger partial charge in [0.25, 0.3) is 0 Å². The number of allylic oxidation sites excluding steroid dienone is 4. The second-order valence-corrected chi connectivity index (χ2v) is 3.71. The van der Waals surface area contributed by atoms with Gasteiger partial charge in [0, 0.05) is 17.8 Å². The van der Waals surface area contributed by atoms with Crippen LogP contribution in [0.4, 0.5) is 0 Å². The van der Waals surface area contributed by atoms with Gasteiger partial charge in [-0.2, -0.15) is 0 Å². The molecule has 0 fully saturated rings. The van der Waals surface area contributed by atoms with Crippen LogP contribution in [0.25, 0.3) is 5.57 Å². The zero-order chi connectivity index (χ0) is 12.3. The number of hydroxylamine groups is 2. The fourth-order valence-electron chi connectivity index (χ4n) is 1.71. The minimum atomic E-state index is -0.890.